The normalized spacial score (nSPS) is 34.1. The molecule has 19 heteroatoms. The summed E-state index contributed by atoms with van der Waals surface area (Å²) in [5, 5.41) is 75.9. The van der Waals surface area contributed by atoms with Crippen molar-refractivity contribution in [1.82, 2.24) is 0 Å². The molecule has 0 amide bonds. The zero-order chi connectivity index (χ0) is 21.9. The summed E-state index contributed by atoms with van der Waals surface area (Å²) in [6, 6.07) is 0. The van der Waals surface area contributed by atoms with Gasteiger partial charge in [0.15, 0.2) is 0 Å². The first-order valence-electron chi connectivity index (χ1n) is 7.95. The van der Waals surface area contributed by atoms with Crippen LogP contribution in [0.1, 0.15) is 0 Å². The fraction of sp³-hybridized carbons (Fsp3) is 0.833. The van der Waals surface area contributed by atoms with Crippen LogP contribution >= 0.6 is 0 Å². The monoisotopic (exact) mass is 682 g/mol. The third kappa shape index (κ3) is 7.53. The van der Waals surface area contributed by atoms with E-state index in [1.807, 2.05) is 0 Å². The summed E-state index contributed by atoms with van der Waals surface area (Å²) < 4.78 is 26.1. The minimum absolute atomic E-state index is 0. The number of carboxylic acids is 2. The number of rotatable bonds is 8. The second kappa shape index (κ2) is 13.7. The van der Waals surface area contributed by atoms with Crippen LogP contribution < -0.4 is 0 Å². The molecule has 0 aromatic rings. The van der Waals surface area contributed by atoms with E-state index in [0.29, 0.717) is 0 Å². The molecule has 2 heterocycles. The van der Waals surface area contributed by atoms with Gasteiger partial charge in [0.05, 0.1) is 0 Å². The first-order valence-corrected chi connectivity index (χ1v) is 14.2. The van der Waals surface area contributed by atoms with Gasteiger partial charge in [0.2, 0.25) is 0 Å². The molecule has 0 aromatic heterocycles. The quantitative estimate of drug-likeness (QED) is 0.110. The van der Waals surface area contributed by atoms with E-state index in [2.05, 4.69) is 0 Å². The number of aliphatic carboxylic acids is 2. The fourth-order valence-corrected chi connectivity index (χ4v) is 13.3. The van der Waals surface area contributed by atoms with Crippen molar-refractivity contribution >= 4 is 54.9 Å². The fourth-order valence-electron chi connectivity index (χ4n) is 2.35. The summed E-state index contributed by atoms with van der Waals surface area (Å²) in [6.07, 6.45) is -13.8. The Hall–Kier alpha value is 0.0564. The van der Waals surface area contributed by atoms with Gasteiger partial charge >= 0.3 is 181 Å². The third-order valence-electron chi connectivity index (χ3n) is 3.86. The van der Waals surface area contributed by atoms with Crippen molar-refractivity contribution in [3.63, 3.8) is 0 Å². The van der Waals surface area contributed by atoms with Crippen molar-refractivity contribution in [3.8, 4) is 0 Å². The molecular weight excluding hydrogens is 660 g/mol. The molecule has 2 saturated heterocycles. The molecule has 17 nitrogen and oxygen atoms in total. The van der Waals surface area contributed by atoms with Crippen molar-refractivity contribution < 1.29 is 74.7 Å². The van der Waals surface area contributed by atoms with Gasteiger partial charge in [-0.3, -0.25) is 0 Å². The van der Waals surface area contributed by atoms with Crippen molar-refractivity contribution in [3.05, 3.63) is 0 Å². The van der Waals surface area contributed by atoms with Crippen LogP contribution in [0.4, 0.5) is 0 Å². The van der Waals surface area contributed by atoms with Crippen molar-refractivity contribution in [2.45, 2.75) is 48.8 Å². The Morgan fingerprint density at radius 2 is 1.10 bits per heavy atom. The van der Waals surface area contributed by atoms with E-state index in [4.69, 9.17) is 23.6 Å². The maximum atomic E-state index is 11.3. The van der Waals surface area contributed by atoms with Gasteiger partial charge in [-0.25, -0.2) is 0 Å². The minimum atomic E-state index is -4.04. The van der Waals surface area contributed by atoms with Crippen LogP contribution in [0.5, 0.6) is 0 Å². The van der Waals surface area contributed by atoms with Crippen molar-refractivity contribution in [2.24, 2.45) is 0 Å². The van der Waals surface area contributed by atoms with Crippen LogP contribution in [0.3, 0.4) is 0 Å². The Bertz CT molecular complexity index is 533. The number of aliphatic hydroxyl groups excluding tert-OH is 6. The molecule has 8 atom stereocenters. The van der Waals surface area contributed by atoms with E-state index in [0.717, 1.165) is 0 Å². The predicted molar refractivity (Wildman–Crippen MR) is 92.8 cm³/mol. The first kappa shape index (κ1) is 31.1. The number of hydrogen-bond donors (Lipinski definition) is 8. The molecule has 31 heavy (non-hydrogen) atoms. The van der Waals surface area contributed by atoms with Crippen LogP contribution in [-0.4, -0.2) is 169 Å². The zero-order valence-electron chi connectivity index (χ0n) is 15.4. The molecule has 0 aliphatic carbocycles. The van der Waals surface area contributed by atoms with E-state index in [-0.39, 0.29) is 11.0 Å². The molecule has 2 fully saturated rings. The molecular formula is C12H24O17Sb2. The van der Waals surface area contributed by atoms with Gasteiger partial charge in [0.25, 0.3) is 0 Å². The van der Waals surface area contributed by atoms with Gasteiger partial charge in [0.1, 0.15) is 0 Å². The standard InChI is InChI=1S/2C6H10O7.2H2O.O.2Sb/c2*7-1-2(8)3(9)4(10)5(11)6(12)13;;;;;/h2*2-5,7-8,10H,1H2,(H,12,13);2*1H2;;;/q2*-2;;;;2*+2/t2*2-,3-,4+,5-;;;;;/m11...../s1. The molecule has 0 bridgehead atoms. The average Bonchev–Trinajstić information content (AvgIpc) is 2.68. The van der Waals surface area contributed by atoms with Crippen molar-refractivity contribution in [2.75, 3.05) is 13.2 Å². The molecule has 0 unspecified atom stereocenters. The van der Waals surface area contributed by atoms with Gasteiger partial charge in [-0.15, -0.1) is 0 Å². The summed E-state index contributed by atoms with van der Waals surface area (Å²) in [5.41, 5.74) is 0. The van der Waals surface area contributed by atoms with Gasteiger partial charge < -0.3 is 11.0 Å². The summed E-state index contributed by atoms with van der Waals surface area (Å²) >= 11 is -8.08. The van der Waals surface area contributed by atoms with E-state index >= 15 is 0 Å². The summed E-state index contributed by atoms with van der Waals surface area (Å²) in [4.78, 5) is 22.6. The molecule has 0 saturated carbocycles. The van der Waals surface area contributed by atoms with Crippen LogP contribution in [0, 0.1) is 0 Å². The number of aliphatic hydroxyl groups is 6. The van der Waals surface area contributed by atoms with Gasteiger partial charge in [-0.05, 0) is 0 Å². The van der Waals surface area contributed by atoms with Crippen LogP contribution in [0.25, 0.3) is 0 Å². The number of carbonyl (C=O) groups is 2. The molecule has 0 spiro atoms. The van der Waals surface area contributed by atoms with E-state index in [9.17, 15) is 40.2 Å². The Kier molecular flexibility index (Phi) is 13.7. The van der Waals surface area contributed by atoms with E-state index < -0.39 is 117 Å². The molecule has 2 rings (SSSR count). The SMILES string of the molecule is O.O.O=C(O)[C@@H]1[O][Sb]([O][Sb]2[O][C@H]([C@H](O)CO)[C@H](O)[C@H](C(=O)O)[O]2)[O][C@H]([C@H](O)CO)[C@@H]1O. The van der Waals surface area contributed by atoms with Crippen LogP contribution in [-0.2, 0) is 22.9 Å². The van der Waals surface area contributed by atoms with Gasteiger partial charge in [-0.2, -0.15) is 0 Å². The Morgan fingerprint density at radius 1 is 0.774 bits per heavy atom. The average molecular weight is 684 g/mol. The van der Waals surface area contributed by atoms with Crippen LogP contribution in [0.15, 0.2) is 0 Å². The summed E-state index contributed by atoms with van der Waals surface area (Å²) in [6.45, 7) is -1.73. The third-order valence-corrected chi connectivity index (χ3v) is 14.4. The molecule has 184 valence electrons. The second-order valence-electron chi connectivity index (χ2n) is 5.88. The van der Waals surface area contributed by atoms with E-state index in [1.165, 1.54) is 0 Å². The number of hydrogen-bond acceptors (Lipinski definition) is 13. The zero-order valence-corrected chi connectivity index (χ0v) is 20.5. The second-order valence-corrected chi connectivity index (χ2v) is 14.4. The van der Waals surface area contributed by atoms with Crippen LogP contribution in [0.2, 0.25) is 0 Å². The molecule has 2 aliphatic heterocycles. The molecule has 2 aliphatic rings. The molecule has 0 aromatic carbocycles. The Balaban J connectivity index is 0.00000450. The van der Waals surface area contributed by atoms with Gasteiger partial charge in [-0.1, -0.05) is 0 Å². The van der Waals surface area contributed by atoms with Crippen molar-refractivity contribution in [1.29, 1.82) is 0 Å². The van der Waals surface area contributed by atoms with Gasteiger partial charge in [0, 0.05) is 0 Å². The molecule has 12 N–H and O–H groups in total. The summed E-state index contributed by atoms with van der Waals surface area (Å²) in [7, 11) is 0. The Morgan fingerprint density at radius 3 is 1.35 bits per heavy atom. The Labute approximate surface area is 191 Å². The summed E-state index contributed by atoms with van der Waals surface area (Å²) in [5.74, 6) is -3.20. The topological polar surface area (TPSA) is 305 Å². The molecule has 0 radical (unpaired) electrons. The number of carboxylic acid groups (broad SMARTS) is 2. The predicted octanol–water partition coefficient (Wildman–Crippen LogP) is -7.51. The first-order chi connectivity index (χ1) is 13.6. The maximum absolute atomic E-state index is 11.3. The van der Waals surface area contributed by atoms with E-state index in [1.54, 1.807) is 0 Å².